The minimum Gasteiger partial charge on any atom is -0.258 e. The summed E-state index contributed by atoms with van der Waals surface area (Å²) in [5.41, 5.74) is -0.877. The topological polar surface area (TPSA) is 80.5 Å². The van der Waals surface area contributed by atoms with E-state index in [9.17, 15) is 22.9 Å². The molecule has 6 nitrogen and oxygen atoms in total. The summed E-state index contributed by atoms with van der Waals surface area (Å²) in [6, 6.07) is 1.91. The van der Waals surface area contributed by atoms with E-state index in [0.717, 1.165) is 18.6 Å². The lowest BCUT2D eigenvalue weighted by Crippen LogP contribution is -2.29. The van der Waals surface area contributed by atoms with E-state index < -0.39 is 26.5 Å². The predicted molar refractivity (Wildman–Crippen MR) is 74.9 cm³/mol. The van der Waals surface area contributed by atoms with Crippen LogP contribution in [0.5, 0.6) is 0 Å². The minimum absolute atomic E-state index is 0.0593. The Labute approximate surface area is 122 Å². The summed E-state index contributed by atoms with van der Waals surface area (Å²) in [6.45, 7) is 3.72. The van der Waals surface area contributed by atoms with Crippen molar-refractivity contribution in [2.75, 3.05) is 13.6 Å². The molecule has 0 radical (unpaired) electrons. The zero-order valence-corrected chi connectivity index (χ0v) is 12.9. The number of aryl methyl sites for hydroxylation is 1. The van der Waals surface area contributed by atoms with Crippen molar-refractivity contribution in [1.29, 1.82) is 0 Å². The van der Waals surface area contributed by atoms with Crippen molar-refractivity contribution in [3.8, 4) is 0 Å². The van der Waals surface area contributed by atoms with Gasteiger partial charge in [-0.25, -0.2) is 12.7 Å². The van der Waals surface area contributed by atoms with Gasteiger partial charge in [0, 0.05) is 19.7 Å². The highest BCUT2D eigenvalue weighted by atomic mass is 32.2. The second kappa shape index (κ2) is 5.34. The molecular weight excluding hydrogens is 299 g/mol. The van der Waals surface area contributed by atoms with Crippen LogP contribution in [0.3, 0.4) is 0 Å². The van der Waals surface area contributed by atoms with Gasteiger partial charge in [0.2, 0.25) is 15.8 Å². The van der Waals surface area contributed by atoms with Gasteiger partial charge in [0.1, 0.15) is 0 Å². The van der Waals surface area contributed by atoms with Crippen molar-refractivity contribution in [1.82, 2.24) is 4.31 Å². The molecule has 0 heterocycles. The number of sulfonamides is 1. The molecule has 0 saturated heterocycles. The Bertz CT molecular complexity index is 690. The number of rotatable bonds is 5. The Hall–Kier alpha value is -1.54. The minimum atomic E-state index is -3.85. The van der Waals surface area contributed by atoms with Gasteiger partial charge in [0.25, 0.3) is 0 Å². The zero-order valence-electron chi connectivity index (χ0n) is 12.0. The average molecular weight is 316 g/mol. The fourth-order valence-corrected chi connectivity index (χ4v) is 3.60. The molecular formula is C13H17FN2O4S. The molecule has 1 aliphatic carbocycles. The number of benzene rings is 1. The SMILES string of the molecule is Cc1cc(S(=O)(=O)N(C)CC2CC2C)cc([N+](=O)[O-])c1F. The molecule has 1 saturated carbocycles. The monoisotopic (exact) mass is 316 g/mol. The van der Waals surface area contributed by atoms with Crippen LogP contribution in [-0.2, 0) is 10.0 Å². The maximum atomic E-state index is 13.6. The van der Waals surface area contributed by atoms with E-state index in [0.29, 0.717) is 18.4 Å². The maximum Gasteiger partial charge on any atom is 0.306 e. The molecule has 2 atom stereocenters. The largest absolute Gasteiger partial charge is 0.306 e. The van der Waals surface area contributed by atoms with Gasteiger partial charge in [0.05, 0.1) is 9.82 Å². The maximum absolute atomic E-state index is 13.6. The van der Waals surface area contributed by atoms with Crippen molar-refractivity contribution in [2.45, 2.75) is 25.2 Å². The van der Waals surface area contributed by atoms with Crippen LogP contribution >= 0.6 is 0 Å². The smallest absolute Gasteiger partial charge is 0.258 e. The first-order valence-corrected chi connectivity index (χ1v) is 7.99. The highest BCUT2D eigenvalue weighted by Crippen LogP contribution is 2.39. The molecule has 1 fully saturated rings. The summed E-state index contributed by atoms with van der Waals surface area (Å²) in [7, 11) is -2.42. The molecule has 2 unspecified atom stereocenters. The third-order valence-electron chi connectivity index (χ3n) is 3.88. The fourth-order valence-electron chi connectivity index (χ4n) is 2.26. The molecule has 0 spiro atoms. The highest BCUT2D eigenvalue weighted by Gasteiger charge is 2.36. The Balaban J connectivity index is 2.37. The van der Waals surface area contributed by atoms with Gasteiger partial charge in [0.15, 0.2) is 0 Å². The van der Waals surface area contributed by atoms with Crippen molar-refractivity contribution in [2.24, 2.45) is 11.8 Å². The molecule has 1 aliphatic rings. The average Bonchev–Trinajstić information content (AvgIpc) is 3.07. The predicted octanol–water partition coefficient (Wildman–Crippen LogP) is 2.32. The van der Waals surface area contributed by atoms with Crippen LogP contribution < -0.4 is 0 Å². The molecule has 0 aromatic heterocycles. The molecule has 1 aromatic carbocycles. The van der Waals surface area contributed by atoms with Gasteiger partial charge >= 0.3 is 5.69 Å². The number of halogens is 1. The number of nitro groups is 1. The van der Waals surface area contributed by atoms with Crippen LogP contribution in [0.25, 0.3) is 0 Å². The molecule has 0 N–H and O–H groups in total. The van der Waals surface area contributed by atoms with E-state index in [4.69, 9.17) is 0 Å². The lowest BCUT2D eigenvalue weighted by molar-refractivity contribution is -0.387. The van der Waals surface area contributed by atoms with E-state index in [1.807, 2.05) is 6.92 Å². The van der Waals surface area contributed by atoms with E-state index in [-0.39, 0.29) is 10.5 Å². The van der Waals surface area contributed by atoms with Gasteiger partial charge in [-0.15, -0.1) is 0 Å². The fraction of sp³-hybridized carbons (Fsp3) is 0.538. The van der Waals surface area contributed by atoms with E-state index >= 15 is 0 Å². The Morgan fingerprint density at radius 3 is 2.52 bits per heavy atom. The van der Waals surface area contributed by atoms with Crippen LogP contribution in [0.2, 0.25) is 0 Å². The highest BCUT2D eigenvalue weighted by molar-refractivity contribution is 7.89. The van der Waals surface area contributed by atoms with Crippen molar-refractivity contribution >= 4 is 15.7 Å². The van der Waals surface area contributed by atoms with Crippen molar-refractivity contribution < 1.29 is 17.7 Å². The van der Waals surface area contributed by atoms with E-state index in [2.05, 4.69) is 0 Å². The molecule has 8 heteroatoms. The summed E-state index contributed by atoms with van der Waals surface area (Å²) in [6.07, 6.45) is 0.975. The van der Waals surface area contributed by atoms with Gasteiger partial charge in [-0.05, 0) is 36.8 Å². The molecule has 0 bridgehead atoms. The number of hydrogen-bond donors (Lipinski definition) is 0. The third kappa shape index (κ3) is 3.06. The summed E-state index contributed by atoms with van der Waals surface area (Å²) >= 11 is 0. The normalized spacial score (nSPS) is 21.6. The Morgan fingerprint density at radius 2 is 2.05 bits per heavy atom. The summed E-state index contributed by atoms with van der Waals surface area (Å²) in [4.78, 5) is 9.65. The second-order valence-corrected chi connectivity index (χ2v) is 7.63. The lowest BCUT2D eigenvalue weighted by atomic mass is 10.2. The van der Waals surface area contributed by atoms with Gasteiger partial charge in [-0.2, -0.15) is 4.39 Å². The van der Waals surface area contributed by atoms with Crippen LogP contribution in [0.1, 0.15) is 18.9 Å². The van der Waals surface area contributed by atoms with E-state index in [1.54, 1.807) is 0 Å². The zero-order chi connectivity index (χ0) is 15.9. The first-order valence-electron chi connectivity index (χ1n) is 6.55. The van der Waals surface area contributed by atoms with Gasteiger partial charge in [-0.1, -0.05) is 6.92 Å². The van der Waals surface area contributed by atoms with Crippen LogP contribution in [0, 0.1) is 34.7 Å². The van der Waals surface area contributed by atoms with Gasteiger partial charge < -0.3 is 0 Å². The second-order valence-electron chi connectivity index (χ2n) is 5.59. The van der Waals surface area contributed by atoms with Crippen LogP contribution in [0.4, 0.5) is 10.1 Å². The molecule has 2 rings (SSSR count). The van der Waals surface area contributed by atoms with E-state index in [1.165, 1.54) is 18.3 Å². The van der Waals surface area contributed by atoms with Crippen molar-refractivity contribution in [3.05, 3.63) is 33.6 Å². The number of nitro benzene ring substituents is 1. The molecule has 0 amide bonds. The van der Waals surface area contributed by atoms with Crippen LogP contribution in [-0.4, -0.2) is 31.2 Å². The standard InChI is InChI=1S/C13H17FN2O4S/c1-8-4-10(8)7-15(3)21(19,20)11-5-9(2)13(14)12(6-11)16(17)18/h5-6,8,10H,4,7H2,1-3H3. The lowest BCUT2D eigenvalue weighted by Gasteiger charge is -2.17. The quantitative estimate of drug-likeness (QED) is 0.616. The third-order valence-corrected chi connectivity index (χ3v) is 5.68. The first-order chi connectivity index (χ1) is 9.64. The molecule has 21 heavy (non-hydrogen) atoms. The molecule has 0 aliphatic heterocycles. The van der Waals surface area contributed by atoms with Gasteiger partial charge in [-0.3, -0.25) is 10.1 Å². The summed E-state index contributed by atoms with van der Waals surface area (Å²) < 4.78 is 39.7. The molecule has 1 aromatic rings. The Morgan fingerprint density at radius 1 is 1.48 bits per heavy atom. The van der Waals surface area contributed by atoms with Crippen molar-refractivity contribution in [3.63, 3.8) is 0 Å². The van der Waals surface area contributed by atoms with Crippen LogP contribution in [0.15, 0.2) is 17.0 Å². The molecule has 116 valence electrons. The first kappa shape index (κ1) is 15.8. The summed E-state index contributed by atoms with van der Waals surface area (Å²) in [5, 5.41) is 10.8. The number of nitrogens with zero attached hydrogens (tertiary/aromatic N) is 2. The Kier molecular flexibility index (Phi) is 4.03. The number of hydrogen-bond acceptors (Lipinski definition) is 4. The summed E-state index contributed by atoms with van der Waals surface area (Å²) in [5.74, 6) is -0.189.